The first-order chi connectivity index (χ1) is 11.7. The molecule has 0 spiro atoms. The minimum atomic E-state index is -0.0588. The topological polar surface area (TPSA) is 65.2 Å². The highest BCUT2D eigenvalue weighted by atomic mass is 32.2. The van der Waals surface area contributed by atoms with Crippen molar-refractivity contribution < 1.29 is 9.53 Å². The maximum Gasteiger partial charge on any atom is 0.309 e. The van der Waals surface area contributed by atoms with Gasteiger partial charge in [-0.2, -0.15) is 0 Å². The van der Waals surface area contributed by atoms with Crippen molar-refractivity contribution in [2.24, 2.45) is 5.92 Å². The van der Waals surface area contributed by atoms with E-state index in [1.807, 2.05) is 13.0 Å². The average molecular weight is 351 g/mol. The number of nitrogens with two attached hydrogens (primary N) is 1. The summed E-state index contributed by atoms with van der Waals surface area (Å²) in [5.41, 5.74) is 7.24. The third-order valence-corrected chi connectivity index (χ3v) is 5.71. The van der Waals surface area contributed by atoms with Crippen LogP contribution in [0.5, 0.6) is 0 Å². The van der Waals surface area contributed by atoms with E-state index in [0.717, 1.165) is 25.0 Å². The van der Waals surface area contributed by atoms with E-state index >= 15 is 0 Å². The number of nitrogens with zero attached hydrogens (tertiary/aromatic N) is 1. The fraction of sp³-hybridized carbons (Fsp3) is 0.684. The first-order valence-corrected chi connectivity index (χ1v) is 10.2. The van der Waals surface area contributed by atoms with Crippen LogP contribution in [0, 0.1) is 5.92 Å². The van der Waals surface area contributed by atoms with Crippen LogP contribution < -0.4 is 5.73 Å². The van der Waals surface area contributed by atoms with Gasteiger partial charge in [0, 0.05) is 22.4 Å². The van der Waals surface area contributed by atoms with Crippen LogP contribution in [0.2, 0.25) is 0 Å². The van der Waals surface area contributed by atoms with Gasteiger partial charge in [-0.25, -0.2) is 4.98 Å². The largest absolute Gasteiger partial charge is 0.465 e. The normalized spacial score (nSPS) is 15.2. The molecule has 1 unspecified atom stereocenters. The Kier molecular flexibility index (Phi) is 7.89. The molecule has 4 nitrogen and oxygen atoms in total. The molecular formula is C19H30N2O2S. The Morgan fingerprint density at radius 3 is 2.83 bits per heavy atom. The highest BCUT2D eigenvalue weighted by Gasteiger charge is 2.29. The van der Waals surface area contributed by atoms with Gasteiger partial charge in [0.25, 0.3) is 0 Å². The van der Waals surface area contributed by atoms with Crippen LogP contribution in [0.3, 0.4) is 0 Å². The SMILES string of the molecule is CCCCCCOC(=O)C(CC)CSc1ccnc(N)c1C1CC1. The fourth-order valence-corrected chi connectivity index (χ4v) is 4.08. The molecule has 2 rings (SSSR count). The second-order valence-electron chi connectivity index (χ2n) is 6.53. The Labute approximate surface area is 149 Å². The highest BCUT2D eigenvalue weighted by molar-refractivity contribution is 7.99. The van der Waals surface area contributed by atoms with Crippen LogP contribution in [-0.2, 0) is 9.53 Å². The molecule has 1 heterocycles. The van der Waals surface area contributed by atoms with Crippen molar-refractivity contribution in [3.8, 4) is 0 Å². The zero-order chi connectivity index (χ0) is 17.4. The molecule has 0 saturated heterocycles. The molecule has 1 aromatic heterocycles. The summed E-state index contributed by atoms with van der Waals surface area (Å²) >= 11 is 1.72. The number of carbonyl (C=O) groups excluding carboxylic acids is 1. The molecule has 0 aromatic carbocycles. The number of anilines is 1. The van der Waals surface area contributed by atoms with E-state index in [0.29, 0.717) is 18.3 Å². The van der Waals surface area contributed by atoms with Crippen molar-refractivity contribution in [2.75, 3.05) is 18.1 Å². The van der Waals surface area contributed by atoms with Gasteiger partial charge in [0.05, 0.1) is 12.5 Å². The Morgan fingerprint density at radius 2 is 2.17 bits per heavy atom. The second kappa shape index (κ2) is 9.92. The Morgan fingerprint density at radius 1 is 1.38 bits per heavy atom. The number of unbranched alkanes of at least 4 members (excludes halogenated alkanes) is 3. The molecule has 5 heteroatoms. The molecule has 24 heavy (non-hydrogen) atoms. The minimum Gasteiger partial charge on any atom is -0.465 e. The number of hydrogen-bond acceptors (Lipinski definition) is 5. The standard InChI is InChI=1S/C19H30N2O2S/c1-3-5-6-7-12-23-19(22)14(4-2)13-24-16-10-11-21-18(20)17(16)15-8-9-15/h10-11,14-15H,3-9,12-13H2,1-2H3,(H2,20,21). The van der Waals surface area contributed by atoms with Crippen LogP contribution in [0.15, 0.2) is 17.2 Å². The van der Waals surface area contributed by atoms with Crippen LogP contribution in [0.4, 0.5) is 5.82 Å². The number of ether oxygens (including phenoxy) is 1. The molecule has 0 radical (unpaired) electrons. The molecule has 134 valence electrons. The molecule has 1 saturated carbocycles. The predicted octanol–water partition coefficient (Wildman–Crippen LogP) is 4.78. The van der Waals surface area contributed by atoms with E-state index < -0.39 is 0 Å². The van der Waals surface area contributed by atoms with Crippen molar-refractivity contribution in [2.45, 2.75) is 69.6 Å². The Balaban J connectivity index is 1.83. The van der Waals surface area contributed by atoms with E-state index in [1.165, 1.54) is 36.1 Å². The number of pyridine rings is 1. The predicted molar refractivity (Wildman–Crippen MR) is 100 cm³/mol. The van der Waals surface area contributed by atoms with Crippen LogP contribution in [0.1, 0.15) is 70.3 Å². The van der Waals surface area contributed by atoms with Crippen LogP contribution >= 0.6 is 11.8 Å². The maximum atomic E-state index is 12.3. The molecule has 0 amide bonds. The molecule has 1 fully saturated rings. The highest BCUT2D eigenvalue weighted by Crippen LogP contribution is 2.46. The summed E-state index contributed by atoms with van der Waals surface area (Å²) in [7, 11) is 0. The number of thioether (sulfide) groups is 1. The number of esters is 1. The van der Waals surface area contributed by atoms with E-state index in [9.17, 15) is 4.79 Å². The molecular weight excluding hydrogens is 320 g/mol. The summed E-state index contributed by atoms with van der Waals surface area (Å²) in [4.78, 5) is 17.7. The molecule has 0 bridgehead atoms. The van der Waals surface area contributed by atoms with Gasteiger partial charge >= 0.3 is 5.97 Å². The molecule has 2 N–H and O–H groups in total. The van der Waals surface area contributed by atoms with Crippen molar-refractivity contribution in [3.05, 3.63) is 17.8 Å². The molecule has 1 aliphatic carbocycles. The molecule has 0 aliphatic heterocycles. The fourth-order valence-electron chi connectivity index (χ4n) is 2.74. The number of hydrogen-bond donors (Lipinski definition) is 1. The second-order valence-corrected chi connectivity index (χ2v) is 7.59. The first kappa shape index (κ1) is 19.1. The van der Waals surface area contributed by atoms with Crippen molar-refractivity contribution >= 4 is 23.5 Å². The van der Waals surface area contributed by atoms with Gasteiger partial charge in [-0.05, 0) is 37.7 Å². The van der Waals surface area contributed by atoms with Crippen molar-refractivity contribution in [1.29, 1.82) is 0 Å². The van der Waals surface area contributed by atoms with Gasteiger partial charge in [-0.1, -0.05) is 33.1 Å². The zero-order valence-electron chi connectivity index (χ0n) is 14.9. The number of aromatic nitrogens is 1. The summed E-state index contributed by atoms with van der Waals surface area (Å²) in [6.45, 7) is 4.78. The minimum absolute atomic E-state index is 0.0531. The molecule has 1 aliphatic rings. The van der Waals surface area contributed by atoms with Gasteiger partial charge in [0.2, 0.25) is 0 Å². The first-order valence-electron chi connectivity index (χ1n) is 9.21. The number of nitrogen functional groups attached to an aromatic ring is 1. The average Bonchev–Trinajstić information content (AvgIpc) is 3.40. The maximum absolute atomic E-state index is 12.3. The smallest absolute Gasteiger partial charge is 0.309 e. The van der Waals surface area contributed by atoms with E-state index in [2.05, 4.69) is 11.9 Å². The van der Waals surface area contributed by atoms with Gasteiger partial charge < -0.3 is 10.5 Å². The lowest BCUT2D eigenvalue weighted by molar-refractivity contribution is -0.147. The van der Waals surface area contributed by atoms with Crippen LogP contribution in [0.25, 0.3) is 0 Å². The third kappa shape index (κ3) is 5.69. The lowest BCUT2D eigenvalue weighted by Crippen LogP contribution is -2.20. The quantitative estimate of drug-likeness (QED) is 0.353. The summed E-state index contributed by atoms with van der Waals surface area (Å²) in [6, 6.07) is 2.03. The van der Waals surface area contributed by atoms with Gasteiger partial charge in [-0.15, -0.1) is 11.8 Å². The Hall–Kier alpha value is -1.23. The third-order valence-electron chi connectivity index (χ3n) is 4.47. The zero-order valence-corrected chi connectivity index (χ0v) is 15.7. The Bertz CT molecular complexity index is 532. The van der Waals surface area contributed by atoms with E-state index in [4.69, 9.17) is 10.5 Å². The van der Waals surface area contributed by atoms with E-state index in [1.54, 1.807) is 18.0 Å². The summed E-state index contributed by atoms with van der Waals surface area (Å²) < 4.78 is 5.45. The van der Waals surface area contributed by atoms with E-state index in [-0.39, 0.29) is 11.9 Å². The van der Waals surface area contributed by atoms with Crippen LogP contribution in [-0.4, -0.2) is 23.3 Å². The number of carbonyl (C=O) groups is 1. The lowest BCUT2D eigenvalue weighted by atomic mass is 10.1. The van der Waals surface area contributed by atoms with Crippen molar-refractivity contribution in [1.82, 2.24) is 4.98 Å². The van der Waals surface area contributed by atoms with Crippen molar-refractivity contribution in [3.63, 3.8) is 0 Å². The van der Waals surface area contributed by atoms with Gasteiger partial charge in [-0.3, -0.25) is 4.79 Å². The lowest BCUT2D eigenvalue weighted by Gasteiger charge is -2.16. The molecule has 1 atom stereocenters. The summed E-state index contributed by atoms with van der Waals surface area (Å²) in [6.07, 6.45) is 9.46. The van der Waals surface area contributed by atoms with Gasteiger partial charge in [0.15, 0.2) is 0 Å². The summed E-state index contributed by atoms with van der Waals surface area (Å²) in [5, 5.41) is 0. The summed E-state index contributed by atoms with van der Waals surface area (Å²) in [5.74, 6) is 1.84. The van der Waals surface area contributed by atoms with Gasteiger partial charge in [0.1, 0.15) is 5.82 Å². The number of rotatable bonds is 11. The molecule has 1 aromatic rings. The monoisotopic (exact) mass is 350 g/mol.